The van der Waals surface area contributed by atoms with Gasteiger partial charge in [0.25, 0.3) is 5.56 Å². The van der Waals surface area contributed by atoms with Crippen molar-refractivity contribution in [2.24, 2.45) is 0 Å². The van der Waals surface area contributed by atoms with Crippen LogP contribution in [0.3, 0.4) is 0 Å². The Kier molecular flexibility index (Phi) is 6.82. The summed E-state index contributed by atoms with van der Waals surface area (Å²) in [5, 5.41) is 22.2. The van der Waals surface area contributed by atoms with E-state index in [1.807, 2.05) is 30.5 Å². The molecule has 2 aromatic heterocycles. The van der Waals surface area contributed by atoms with Crippen LogP contribution >= 0.6 is 0 Å². The highest BCUT2D eigenvalue weighted by Gasteiger charge is 2.27. The Bertz CT molecular complexity index is 1440. The summed E-state index contributed by atoms with van der Waals surface area (Å²) < 4.78 is 11.6. The Hall–Kier alpha value is -4.20. The van der Waals surface area contributed by atoms with Crippen LogP contribution in [0.5, 0.6) is 17.2 Å². The van der Waals surface area contributed by atoms with Crippen molar-refractivity contribution in [2.75, 3.05) is 14.2 Å². The van der Waals surface area contributed by atoms with Crippen LogP contribution in [-0.4, -0.2) is 40.0 Å². The third kappa shape index (κ3) is 4.73. The van der Waals surface area contributed by atoms with Crippen LogP contribution < -0.4 is 10.3 Å². The number of para-hydroxylation sites is 1. The van der Waals surface area contributed by atoms with Crippen molar-refractivity contribution in [2.45, 2.75) is 32.2 Å². The molecule has 0 aliphatic carbocycles. The standard InChI is InChI=1S/C27H28N2O6/c1-16-12-23(31)26(20(14-25(32)35-3)17-8-9-24(34-2)22(30)13-17)27(33)29(16)11-10-18-15-28-21-7-5-4-6-19(18)21/h4-9,12-13,15,20,28,30-31H,10-11,14H2,1-3H3. The predicted octanol–water partition coefficient (Wildman–Crippen LogP) is 4.00. The molecule has 2 heterocycles. The van der Waals surface area contributed by atoms with Gasteiger partial charge in [0.2, 0.25) is 0 Å². The fraction of sp³-hybridized carbons (Fsp3) is 0.259. The first kappa shape index (κ1) is 23.9. The number of hydrogen-bond donors (Lipinski definition) is 3. The first-order chi connectivity index (χ1) is 16.8. The Labute approximate surface area is 202 Å². The molecule has 1 unspecified atom stereocenters. The van der Waals surface area contributed by atoms with Gasteiger partial charge in [-0.05, 0) is 48.7 Å². The van der Waals surface area contributed by atoms with Crippen LogP contribution in [0.1, 0.15) is 34.7 Å². The van der Waals surface area contributed by atoms with Gasteiger partial charge in [-0.3, -0.25) is 9.59 Å². The van der Waals surface area contributed by atoms with Crippen molar-refractivity contribution >= 4 is 16.9 Å². The maximum absolute atomic E-state index is 13.7. The summed E-state index contributed by atoms with van der Waals surface area (Å²) in [5.41, 5.74) is 2.86. The van der Waals surface area contributed by atoms with Gasteiger partial charge in [0, 0.05) is 35.3 Å². The van der Waals surface area contributed by atoms with Gasteiger partial charge in [0.15, 0.2) is 11.5 Å². The number of aromatic nitrogens is 2. The number of aryl methyl sites for hydroxylation is 2. The van der Waals surface area contributed by atoms with Crippen LogP contribution in [0.25, 0.3) is 10.9 Å². The van der Waals surface area contributed by atoms with E-state index in [4.69, 9.17) is 9.47 Å². The number of fused-ring (bicyclic) bond motifs is 1. The number of nitrogens with zero attached hydrogens (tertiary/aromatic N) is 1. The van der Waals surface area contributed by atoms with Crippen molar-refractivity contribution in [3.63, 3.8) is 0 Å². The second-order valence-corrected chi connectivity index (χ2v) is 8.42. The third-order valence-electron chi connectivity index (χ3n) is 6.35. The summed E-state index contributed by atoms with van der Waals surface area (Å²) in [7, 11) is 2.69. The van der Waals surface area contributed by atoms with Gasteiger partial charge in [-0.15, -0.1) is 0 Å². The lowest BCUT2D eigenvalue weighted by molar-refractivity contribution is -0.140. The van der Waals surface area contributed by atoms with Crippen LogP contribution in [0.2, 0.25) is 0 Å². The van der Waals surface area contributed by atoms with E-state index in [1.54, 1.807) is 23.6 Å². The summed E-state index contributed by atoms with van der Waals surface area (Å²) in [6.45, 7) is 2.15. The molecule has 8 nitrogen and oxygen atoms in total. The van der Waals surface area contributed by atoms with E-state index in [-0.39, 0.29) is 29.2 Å². The van der Waals surface area contributed by atoms with Gasteiger partial charge in [0.05, 0.1) is 26.2 Å². The van der Waals surface area contributed by atoms with Gasteiger partial charge in [-0.1, -0.05) is 24.3 Å². The molecule has 35 heavy (non-hydrogen) atoms. The molecule has 0 spiro atoms. The topological polar surface area (TPSA) is 114 Å². The molecule has 0 saturated heterocycles. The number of hydrogen-bond acceptors (Lipinski definition) is 6. The molecule has 4 aromatic rings. The lowest BCUT2D eigenvalue weighted by Crippen LogP contribution is -2.29. The molecule has 2 aromatic carbocycles. The van der Waals surface area contributed by atoms with Crippen LogP contribution in [0, 0.1) is 6.92 Å². The smallest absolute Gasteiger partial charge is 0.306 e. The fourth-order valence-corrected chi connectivity index (χ4v) is 4.51. The Morgan fingerprint density at radius 2 is 1.86 bits per heavy atom. The largest absolute Gasteiger partial charge is 0.507 e. The minimum atomic E-state index is -0.827. The first-order valence-corrected chi connectivity index (χ1v) is 11.3. The highest BCUT2D eigenvalue weighted by molar-refractivity contribution is 5.83. The number of methoxy groups -OCH3 is 2. The molecule has 0 saturated carbocycles. The van der Waals surface area contributed by atoms with E-state index in [0.717, 1.165) is 16.5 Å². The van der Waals surface area contributed by atoms with Crippen molar-refractivity contribution < 1.29 is 24.5 Å². The minimum Gasteiger partial charge on any atom is -0.507 e. The van der Waals surface area contributed by atoms with Crippen molar-refractivity contribution in [3.8, 4) is 17.2 Å². The number of aromatic amines is 1. The maximum Gasteiger partial charge on any atom is 0.306 e. The monoisotopic (exact) mass is 476 g/mol. The molecule has 0 amide bonds. The number of carbonyl (C=O) groups is 1. The molecule has 0 fully saturated rings. The molecule has 182 valence electrons. The summed E-state index contributed by atoms with van der Waals surface area (Å²) in [5.74, 6) is -1.46. The number of benzene rings is 2. The number of ether oxygens (including phenoxy) is 2. The molecule has 0 radical (unpaired) electrons. The summed E-state index contributed by atoms with van der Waals surface area (Å²) in [4.78, 5) is 29.2. The summed E-state index contributed by atoms with van der Waals surface area (Å²) in [6.07, 6.45) is 2.35. The second kappa shape index (κ2) is 9.97. The number of esters is 1. The van der Waals surface area contributed by atoms with Crippen LogP contribution in [0.4, 0.5) is 0 Å². The first-order valence-electron chi connectivity index (χ1n) is 11.3. The molecular weight excluding hydrogens is 448 g/mol. The third-order valence-corrected chi connectivity index (χ3v) is 6.35. The zero-order valence-corrected chi connectivity index (χ0v) is 19.9. The van der Waals surface area contributed by atoms with Crippen molar-refractivity contribution in [1.29, 1.82) is 0 Å². The normalized spacial score (nSPS) is 12.0. The molecule has 0 bridgehead atoms. The Balaban J connectivity index is 1.76. The van der Waals surface area contributed by atoms with E-state index >= 15 is 0 Å². The van der Waals surface area contributed by atoms with E-state index in [1.165, 1.54) is 26.4 Å². The van der Waals surface area contributed by atoms with Gasteiger partial charge in [-0.2, -0.15) is 0 Å². The van der Waals surface area contributed by atoms with Gasteiger partial charge < -0.3 is 29.2 Å². The van der Waals surface area contributed by atoms with E-state index < -0.39 is 17.4 Å². The molecule has 3 N–H and O–H groups in total. The quantitative estimate of drug-likeness (QED) is 0.331. The van der Waals surface area contributed by atoms with Gasteiger partial charge in [-0.25, -0.2) is 0 Å². The summed E-state index contributed by atoms with van der Waals surface area (Å²) in [6, 6.07) is 14.1. The number of phenols is 1. The van der Waals surface area contributed by atoms with E-state index in [0.29, 0.717) is 24.2 Å². The number of phenolic OH excluding ortho intramolecular Hbond substituents is 1. The molecule has 8 heteroatoms. The lowest BCUT2D eigenvalue weighted by atomic mass is 9.88. The van der Waals surface area contributed by atoms with Crippen molar-refractivity contribution in [1.82, 2.24) is 9.55 Å². The molecule has 4 rings (SSSR count). The number of H-pyrrole nitrogens is 1. The highest BCUT2D eigenvalue weighted by atomic mass is 16.5. The Morgan fingerprint density at radius 1 is 1.09 bits per heavy atom. The minimum absolute atomic E-state index is 0.0736. The van der Waals surface area contributed by atoms with Gasteiger partial charge >= 0.3 is 5.97 Å². The number of aromatic hydroxyl groups is 2. The second-order valence-electron chi connectivity index (χ2n) is 8.42. The van der Waals surface area contributed by atoms with E-state index in [9.17, 15) is 19.8 Å². The van der Waals surface area contributed by atoms with Crippen LogP contribution in [-0.2, 0) is 22.5 Å². The number of carbonyl (C=O) groups excluding carboxylic acids is 1. The van der Waals surface area contributed by atoms with Crippen molar-refractivity contribution in [3.05, 3.63) is 87.5 Å². The SMILES string of the molecule is COC(=O)CC(c1ccc(OC)c(O)c1)c1c(O)cc(C)n(CCc2c[nH]c3ccccc23)c1=O. The molecule has 0 aliphatic rings. The zero-order valence-electron chi connectivity index (χ0n) is 19.9. The van der Waals surface area contributed by atoms with E-state index in [2.05, 4.69) is 4.98 Å². The maximum atomic E-state index is 13.7. The lowest BCUT2D eigenvalue weighted by Gasteiger charge is -2.21. The average Bonchev–Trinajstić information content (AvgIpc) is 3.26. The predicted molar refractivity (Wildman–Crippen MR) is 132 cm³/mol. The summed E-state index contributed by atoms with van der Waals surface area (Å²) >= 11 is 0. The number of nitrogens with one attached hydrogen (secondary N) is 1. The molecule has 0 aliphatic heterocycles. The zero-order chi connectivity index (χ0) is 25.1. The van der Waals surface area contributed by atoms with Gasteiger partial charge in [0.1, 0.15) is 5.75 Å². The molecule has 1 atom stereocenters. The average molecular weight is 477 g/mol. The fourth-order valence-electron chi connectivity index (χ4n) is 4.51. The highest BCUT2D eigenvalue weighted by Crippen LogP contribution is 2.36. The number of rotatable bonds is 8. The number of pyridine rings is 1. The molecular formula is C27H28N2O6. The Morgan fingerprint density at radius 3 is 2.57 bits per heavy atom. The van der Waals surface area contributed by atoms with Crippen LogP contribution in [0.15, 0.2) is 59.5 Å².